The van der Waals surface area contributed by atoms with Crippen LogP contribution in [0.25, 0.3) is 0 Å². The quantitative estimate of drug-likeness (QED) is 0.354. The van der Waals surface area contributed by atoms with E-state index in [1.54, 1.807) is 12.1 Å². The molecular formula is C19H26IN3O2. The van der Waals surface area contributed by atoms with Gasteiger partial charge in [-0.25, -0.2) is 4.99 Å². The minimum Gasteiger partial charge on any atom is -0.504 e. The van der Waals surface area contributed by atoms with E-state index < -0.39 is 0 Å². The van der Waals surface area contributed by atoms with E-state index in [2.05, 4.69) is 40.7 Å². The minimum atomic E-state index is 0. The van der Waals surface area contributed by atoms with Gasteiger partial charge in [-0.1, -0.05) is 35.9 Å². The molecule has 6 heteroatoms. The fourth-order valence-corrected chi connectivity index (χ4v) is 2.35. The molecule has 0 heterocycles. The molecule has 3 N–H and O–H groups in total. The first-order chi connectivity index (χ1) is 11.6. The van der Waals surface area contributed by atoms with Crippen LogP contribution in [0.5, 0.6) is 11.5 Å². The predicted octanol–water partition coefficient (Wildman–Crippen LogP) is 3.58. The highest BCUT2D eigenvalue weighted by molar-refractivity contribution is 14.0. The highest BCUT2D eigenvalue weighted by Gasteiger charge is 2.04. The fraction of sp³-hybridized carbons (Fsp3) is 0.316. The largest absolute Gasteiger partial charge is 0.504 e. The van der Waals surface area contributed by atoms with Crippen molar-refractivity contribution in [3.63, 3.8) is 0 Å². The molecule has 0 aliphatic carbocycles. The van der Waals surface area contributed by atoms with Crippen molar-refractivity contribution < 1.29 is 9.84 Å². The first kappa shape index (κ1) is 21.1. The molecule has 0 atom stereocenters. The molecule has 0 aromatic heterocycles. The lowest BCUT2D eigenvalue weighted by atomic mass is 10.1. The Kier molecular flexibility index (Phi) is 9.12. The van der Waals surface area contributed by atoms with Crippen LogP contribution in [0.15, 0.2) is 47.5 Å². The lowest BCUT2D eigenvalue weighted by Crippen LogP contribution is -2.36. The molecule has 0 saturated carbocycles. The van der Waals surface area contributed by atoms with Crippen molar-refractivity contribution in [2.75, 3.05) is 13.7 Å². The summed E-state index contributed by atoms with van der Waals surface area (Å²) in [5.41, 5.74) is 3.36. The maximum atomic E-state index is 9.84. The number of aliphatic imine (C=N–C) groups is 1. The van der Waals surface area contributed by atoms with E-state index in [4.69, 9.17) is 4.74 Å². The van der Waals surface area contributed by atoms with Gasteiger partial charge in [0.1, 0.15) is 0 Å². The van der Waals surface area contributed by atoms with E-state index in [9.17, 15) is 5.11 Å². The van der Waals surface area contributed by atoms with Gasteiger partial charge in [-0.05, 0) is 37.1 Å². The third-order valence-corrected chi connectivity index (χ3v) is 3.55. The molecule has 0 unspecified atom stereocenters. The number of rotatable bonds is 6. The third-order valence-electron chi connectivity index (χ3n) is 3.55. The number of halogens is 1. The number of methoxy groups -OCH3 is 1. The van der Waals surface area contributed by atoms with Crippen LogP contribution in [0.1, 0.15) is 23.6 Å². The standard InChI is InChI=1S/C19H25N3O2.HI/c1-4-20-19(21-12-15-7-5-6-14(2)10-15)22-13-16-8-9-18(24-3)17(23)11-16;/h5-11,23H,4,12-13H2,1-3H3,(H2,20,21,22);1H. The smallest absolute Gasteiger partial charge is 0.191 e. The Bertz CT molecular complexity index is 705. The van der Waals surface area contributed by atoms with Gasteiger partial charge in [0.2, 0.25) is 0 Å². The Morgan fingerprint density at radius 3 is 2.56 bits per heavy atom. The molecule has 0 amide bonds. The molecule has 0 radical (unpaired) electrons. The van der Waals surface area contributed by atoms with E-state index in [-0.39, 0.29) is 29.7 Å². The van der Waals surface area contributed by atoms with Crippen LogP contribution >= 0.6 is 24.0 Å². The first-order valence-electron chi connectivity index (χ1n) is 8.06. The number of aryl methyl sites for hydroxylation is 1. The van der Waals surface area contributed by atoms with E-state index >= 15 is 0 Å². The second-order valence-electron chi connectivity index (χ2n) is 5.54. The Labute approximate surface area is 166 Å². The Balaban J connectivity index is 0.00000312. The molecule has 0 aliphatic rings. The molecule has 0 bridgehead atoms. The van der Waals surface area contributed by atoms with Crippen molar-refractivity contribution in [1.82, 2.24) is 10.6 Å². The summed E-state index contributed by atoms with van der Waals surface area (Å²) in [7, 11) is 1.54. The predicted molar refractivity (Wildman–Crippen MR) is 113 cm³/mol. The maximum Gasteiger partial charge on any atom is 0.191 e. The molecule has 0 fully saturated rings. The number of aromatic hydroxyl groups is 1. The molecule has 2 rings (SSSR count). The zero-order chi connectivity index (χ0) is 17.4. The summed E-state index contributed by atoms with van der Waals surface area (Å²) < 4.78 is 5.05. The monoisotopic (exact) mass is 455 g/mol. The van der Waals surface area contributed by atoms with Crippen LogP contribution < -0.4 is 15.4 Å². The van der Waals surface area contributed by atoms with Crippen LogP contribution in [0, 0.1) is 6.92 Å². The Hall–Kier alpha value is -1.96. The summed E-state index contributed by atoms with van der Waals surface area (Å²) in [4.78, 5) is 4.60. The van der Waals surface area contributed by atoms with Gasteiger partial charge in [0.05, 0.1) is 13.7 Å². The van der Waals surface area contributed by atoms with Gasteiger partial charge < -0.3 is 20.5 Å². The summed E-state index contributed by atoms with van der Waals surface area (Å²) in [5.74, 6) is 1.35. The number of hydrogen-bond donors (Lipinski definition) is 3. The normalized spacial score (nSPS) is 10.8. The van der Waals surface area contributed by atoms with Crippen molar-refractivity contribution in [1.29, 1.82) is 0 Å². The van der Waals surface area contributed by atoms with Gasteiger partial charge in [0.15, 0.2) is 17.5 Å². The SMILES string of the molecule is CCNC(=NCc1cccc(C)c1)NCc1ccc(OC)c(O)c1.I. The van der Waals surface area contributed by atoms with Crippen molar-refractivity contribution in [3.05, 3.63) is 59.2 Å². The van der Waals surface area contributed by atoms with Crippen molar-refractivity contribution in [2.24, 2.45) is 4.99 Å². The fourth-order valence-electron chi connectivity index (χ4n) is 2.35. The molecule has 2 aromatic rings. The van der Waals surface area contributed by atoms with Crippen molar-refractivity contribution in [3.8, 4) is 11.5 Å². The van der Waals surface area contributed by atoms with Gasteiger partial charge in [-0.3, -0.25) is 0 Å². The average molecular weight is 455 g/mol. The molecule has 0 aliphatic heterocycles. The average Bonchev–Trinajstić information content (AvgIpc) is 2.57. The second kappa shape index (κ2) is 10.8. The molecule has 0 spiro atoms. The number of ether oxygens (including phenoxy) is 1. The zero-order valence-corrected chi connectivity index (χ0v) is 17.2. The van der Waals surface area contributed by atoms with Gasteiger partial charge in [-0.15, -0.1) is 24.0 Å². The van der Waals surface area contributed by atoms with Crippen molar-refractivity contribution in [2.45, 2.75) is 26.9 Å². The maximum absolute atomic E-state index is 9.84. The highest BCUT2D eigenvalue weighted by Crippen LogP contribution is 2.25. The van der Waals surface area contributed by atoms with Crippen LogP contribution in [-0.4, -0.2) is 24.7 Å². The van der Waals surface area contributed by atoms with Gasteiger partial charge in [0, 0.05) is 13.1 Å². The summed E-state index contributed by atoms with van der Waals surface area (Å²) in [6.07, 6.45) is 0. The number of hydrogen-bond acceptors (Lipinski definition) is 3. The number of phenols is 1. The minimum absolute atomic E-state index is 0. The zero-order valence-electron chi connectivity index (χ0n) is 14.9. The molecule has 5 nitrogen and oxygen atoms in total. The van der Waals surface area contributed by atoms with Crippen LogP contribution in [0.3, 0.4) is 0 Å². The molecule has 0 saturated heterocycles. The number of guanidine groups is 1. The molecule has 136 valence electrons. The number of phenolic OH excluding ortho intramolecular Hbond substituents is 1. The Morgan fingerprint density at radius 2 is 1.92 bits per heavy atom. The third kappa shape index (κ3) is 6.81. The highest BCUT2D eigenvalue weighted by atomic mass is 127. The number of nitrogens with one attached hydrogen (secondary N) is 2. The lowest BCUT2D eigenvalue weighted by molar-refractivity contribution is 0.373. The van der Waals surface area contributed by atoms with Gasteiger partial charge >= 0.3 is 0 Å². The number of nitrogens with zero attached hydrogens (tertiary/aromatic N) is 1. The molecular weight excluding hydrogens is 429 g/mol. The summed E-state index contributed by atoms with van der Waals surface area (Å²) in [5, 5.41) is 16.3. The summed E-state index contributed by atoms with van der Waals surface area (Å²) in [6.45, 7) is 6.07. The van der Waals surface area contributed by atoms with Gasteiger partial charge in [0.25, 0.3) is 0 Å². The van der Waals surface area contributed by atoms with E-state index in [0.717, 1.165) is 18.1 Å². The molecule has 25 heavy (non-hydrogen) atoms. The lowest BCUT2D eigenvalue weighted by Gasteiger charge is -2.12. The summed E-state index contributed by atoms with van der Waals surface area (Å²) >= 11 is 0. The topological polar surface area (TPSA) is 65.9 Å². The Morgan fingerprint density at radius 1 is 1.12 bits per heavy atom. The summed E-state index contributed by atoms with van der Waals surface area (Å²) in [6, 6.07) is 13.7. The second-order valence-corrected chi connectivity index (χ2v) is 5.54. The van der Waals surface area contributed by atoms with Gasteiger partial charge in [-0.2, -0.15) is 0 Å². The van der Waals surface area contributed by atoms with E-state index in [1.165, 1.54) is 18.2 Å². The van der Waals surface area contributed by atoms with Crippen molar-refractivity contribution >= 4 is 29.9 Å². The van der Waals surface area contributed by atoms with Crippen LogP contribution in [-0.2, 0) is 13.1 Å². The van der Waals surface area contributed by atoms with Crippen LogP contribution in [0.4, 0.5) is 0 Å². The number of benzene rings is 2. The van der Waals surface area contributed by atoms with E-state index in [1.807, 2.05) is 19.1 Å². The van der Waals surface area contributed by atoms with Crippen LogP contribution in [0.2, 0.25) is 0 Å². The van der Waals surface area contributed by atoms with E-state index in [0.29, 0.717) is 18.8 Å². The first-order valence-corrected chi connectivity index (χ1v) is 8.06. The molecule has 2 aromatic carbocycles.